The van der Waals surface area contributed by atoms with Gasteiger partial charge in [0.05, 0.1) is 12.7 Å². The molecule has 0 bridgehead atoms. The summed E-state index contributed by atoms with van der Waals surface area (Å²) in [4.78, 5) is 14.1. The van der Waals surface area contributed by atoms with Crippen molar-refractivity contribution in [1.82, 2.24) is 10.2 Å². The molecule has 1 fully saturated rings. The fourth-order valence-corrected chi connectivity index (χ4v) is 2.32. The highest BCUT2D eigenvalue weighted by atomic mass is 19.1. The zero-order valence-electron chi connectivity index (χ0n) is 11.5. The molecule has 1 aliphatic rings. The number of amides is 1. The Bertz CT molecular complexity index is 488. The second kappa shape index (κ2) is 5.17. The molecule has 1 aliphatic heterocycles. The Kier molecular flexibility index (Phi) is 3.75. The van der Waals surface area contributed by atoms with Crippen molar-refractivity contribution in [1.29, 1.82) is 0 Å². The maximum absolute atomic E-state index is 14.1. The monoisotopic (exact) mass is 266 g/mol. The number of carbonyl (C=O) groups excluding carboxylic acids is 1. The number of ether oxygens (including phenoxy) is 1. The lowest BCUT2D eigenvalue weighted by Crippen LogP contribution is -2.58. The minimum atomic E-state index is -0.591. The molecule has 1 heterocycles. The van der Waals surface area contributed by atoms with Crippen LogP contribution in [-0.2, 0) is 0 Å². The highest BCUT2D eigenvalue weighted by Gasteiger charge is 2.30. The van der Waals surface area contributed by atoms with Crippen molar-refractivity contribution < 1.29 is 13.9 Å². The fraction of sp³-hybridized carbons (Fsp3) is 0.500. The van der Waals surface area contributed by atoms with E-state index in [1.54, 1.807) is 11.0 Å². The first-order valence-electron chi connectivity index (χ1n) is 6.31. The van der Waals surface area contributed by atoms with Crippen LogP contribution in [-0.4, -0.2) is 43.1 Å². The largest absolute Gasteiger partial charge is 0.494 e. The number of methoxy groups -OCH3 is 1. The van der Waals surface area contributed by atoms with Crippen LogP contribution < -0.4 is 10.1 Å². The molecule has 0 unspecified atom stereocenters. The SMILES string of the molecule is COc1cccc(C(=O)N2CCNC(C)(C)C2)c1F. The normalized spacial score (nSPS) is 18.2. The van der Waals surface area contributed by atoms with Gasteiger partial charge in [-0.05, 0) is 26.0 Å². The van der Waals surface area contributed by atoms with Crippen LogP contribution in [0.15, 0.2) is 18.2 Å². The number of nitrogens with zero attached hydrogens (tertiary/aromatic N) is 1. The van der Waals surface area contributed by atoms with E-state index in [0.717, 1.165) is 0 Å². The molecule has 1 aromatic carbocycles. The molecule has 0 aromatic heterocycles. The third-order valence-corrected chi connectivity index (χ3v) is 3.27. The first-order valence-corrected chi connectivity index (χ1v) is 6.31. The lowest BCUT2D eigenvalue weighted by Gasteiger charge is -2.39. The first kappa shape index (κ1) is 13.8. The van der Waals surface area contributed by atoms with Crippen LogP contribution in [0.2, 0.25) is 0 Å². The minimum Gasteiger partial charge on any atom is -0.494 e. The van der Waals surface area contributed by atoms with E-state index in [1.807, 2.05) is 13.8 Å². The van der Waals surface area contributed by atoms with E-state index < -0.39 is 5.82 Å². The van der Waals surface area contributed by atoms with E-state index in [-0.39, 0.29) is 22.8 Å². The Morgan fingerprint density at radius 2 is 2.21 bits per heavy atom. The van der Waals surface area contributed by atoms with E-state index in [2.05, 4.69) is 5.32 Å². The summed E-state index contributed by atoms with van der Waals surface area (Å²) in [6, 6.07) is 4.63. The molecule has 0 aliphatic carbocycles. The van der Waals surface area contributed by atoms with Crippen molar-refractivity contribution in [2.75, 3.05) is 26.7 Å². The van der Waals surface area contributed by atoms with Gasteiger partial charge >= 0.3 is 0 Å². The van der Waals surface area contributed by atoms with Crippen molar-refractivity contribution >= 4 is 5.91 Å². The standard InChI is InChI=1S/C14H19FN2O2/c1-14(2)9-17(8-7-16-14)13(18)10-5-4-6-11(19-3)12(10)15/h4-6,16H,7-9H2,1-3H3. The maximum Gasteiger partial charge on any atom is 0.257 e. The van der Waals surface area contributed by atoms with E-state index in [1.165, 1.54) is 19.2 Å². The molecule has 4 nitrogen and oxygen atoms in total. The van der Waals surface area contributed by atoms with Crippen molar-refractivity contribution in [2.45, 2.75) is 19.4 Å². The van der Waals surface area contributed by atoms with Crippen LogP contribution in [0.3, 0.4) is 0 Å². The molecule has 0 spiro atoms. The third kappa shape index (κ3) is 2.87. The first-order chi connectivity index (χ1) is 8.94. The smallest absolute Gasteiger partial charge is 0.257 e. The molecular weight excluding hydrogens is 247 g/mol. The second-order valence-corrected chi connectivity index (χ2v) is 5.36. The molecule has 1 N–H and O–H groups in total. The van der Waals surface area contributed by atoms with E-state index >= 15 is 0 Å². The quantitative estimate of drug-likeness (QED) is 0.885. The zero-order chi connectivity index (χ0) is 14.0. The number of nitrogens with one attached hydrogen (secondary N) is 1. The van der Waals surface area contributed by atoms with E-state index in [9.17, 15) is 9.18 Å². The molecule has 0 saturated carbocycles. The van der Waals surface area contributed by atoms with E-state index in [0.29, 0.717) is 19.6 Å². The van der Waals surface area contributed by atoms with Crippen LogP contribution in [0, 0.1) is 5.82 Å². The Balaban J connectivity index is 2.25. The summed E-state index contributed by atoms with van der Waals surface area (Å²) in [5.74, 6) is -0.780. The molecule has 104 valence electrons. The third-order valence-electron chi connectivity index (χ3n) is 3.27. The Labute approximate surface area is 112 Å². The Hall–Kier alpha value is -1.62. The molecule has 19 heavy (non-hydrogen) atoms. The molecule has 5 heteroatoms. The Morgan fingerprint density at radius 1 is 1.47 bits per heavy atom. The molecule has 1 aromatic rings. The van der Waals surface area contributed by atoms with Crippen LogP contribution >= 0.6 is 0 Å². The highest BCUT2D eigenvalue weighted by Crippen LogP contribution is 2.22. The van der Waals surface area contributed by atoms with Gasteiger partial charge in [0.1, 0.15) is 0 Å². The van der Waals surface area contributed by atoms with Crippen molar-refractivity contribution in [3.63, 3.8) is 0 Å². The lowest BCUT2D eigenvalue weighted by atomic mass is 10.0. The summed E-state index contributed by atoms with van der Waals surface area (Å²) in [6.45, 7) is 5.90. The average molecular weight is 266 g/mol. The molecular formula is C14H19FN2O2. The van der Waals surface area contributed by atoms with E-state index in [4.69, 9.17) is 4.74 Å². The van der Waals surface area contributed by atoms with Gasteiger partial charge in [0.15, 0.2) is 11.6 Å². The van der Waals surface area contributed by atoms with Gasteiger partial charge in [0, 0.05) is 25.2 Å². The van der Waals surface area contributed by atoms with Gasteiger partial charge in [-0.15, -0.1) is 0 Å². The predicted molar refractivity (Wildman–Crippen MR) is 70.9 cm³/mol. The van der Waals surface area contributed by atoms with Gasteiger partial charge in [0.25, 0.3) is 5.91 Å². The van der Waals surface area contributed by atoms with Gasteiger partial charge < -0.3 is 15.0 Å². The van der Waals surface area contributed by atoms with Crippen LogP contribution in [0.5, 0.6) is 5.75 Å². The molecule has 1 saturated heterocycles. The highest BCUT2D eigenvalue weighted by molar-refractivity contribution is 5.95. The van der Waals surface area contributed by atoms with Crippen LogP contribution in [0.25, 0.3) is 0 Å². The number of carbonyl (C=O) groups is 1. The van der Waals surface area contributed by atoms with Crippen LogP contribution in [0.4, 0.5) is 4.39 Å². The van der Waals surface area contributed by atoms with Crippen molar-refractivity contribution in [2.24, 2.45) is 0 Å². The zero-order valence-corrected chi connectivity index (χ0v) is 11.5. The van der Waals surface area contributed by atoms with Crippen molar-refractivity contribution in [3.8, 4) is 5.75 Å². The lowest BCUT2D eigenvalue weighted by molar-refractivity contribution is 0.0646. The summed E-state index contributed by atoms with van der Waals surface area (Å²) in [7, 11) is 1.39. The number of piperazine rings is 1. The Morgan fingerprint density at radius 3 is 2.84 bits per heavy atom. The van der Waals surface area contributed by atoms with Gasteiger partial charge in [-0.3, -0.25) is 4.79 Å². The topological polar surface area (TPSA) is 41.6 Å². The summed E-state index contributed by atoms with van der Waals surface area (Å²) in [5, 5.41) is 3.32. The summed E-state index contributed by atoms with van der Waals surface area (Å²) in [6.07, 6.45) is 0. The fourth-order valence-electron chi connectivity index (χ4n) is 2.32. The van der Waals surface area contributed by atoms with Gasteiger partial charge in [-0.25, -0.2) is 4.39 Å². The van der Waals surface area contributed by atoms with Gasteiger partial charge in [0.2, 0.25) is 0 Å². The minimum absolute atomic E-state index is 0.0667. The van der Waals surface area contributed by atoms with Crippen molar-refractivity contribution in [3.05, 3.63) is 29.6 Å². The number of benzene rings is 1. The number of halogens is 1. The summed E-state index contributed by atoms with van der Waals surface area (Å²) in [5.41, 5.74) is -0.0828. The second-order valence-electron chi connectivity index (χ2n) is 5.36. The predicted octanol–water partition coefficient (Wildman–Crippen LogP) is 1.66. The average Bonchev–Trinajstić information content (AvgIpc) is 2.37. The van der Waals surface area contributed by atoms with Crippen LogP contribution in [0.1, 0.15) is 24.2 Å². The number of rotatable bonds is 2. The molecule has 0 atom stereocenters. The maximum atomic E-state index is 14.1. The molecule has 0 radical (unpaired) electrons. The van der Waals surface area contributed by atoms with Gasteiger partial charge in [-0.2, -0.15) is 0 Å². The number of hydrogen-bond acceptors (Lipinski definition) is 3. The van der Waals surface area contributed by atoms with Gasteiger partial charge in [-0.1, -0.05) is 6.07 Å². The summed E-state index contributed by atoms with van der Waals surface area (Å²) >= 11 is 0. The summed E-state index contributed by atoms with van der Waals surface area (Å²) < 4.78 is 19.0. The molecule has 2 rings (SSSR count). The number of hydrogen-bond donors (Lipinski definition) is 1. The molecule has 1 amide bonds.